The monoisotopic (exact) mass is 230 g/mol. The molecule has 0 aliphatic carbocycles. The largest absolute Gasteiger partial charge is 0.382 e. The van der Waals surface area contributed by atoms with Gasteiger partial charge in [0.15, 0.2) is 0 Å². The van der Waals surface area contributed by atoms with Crippen LogP contribution in [0.2, 0.25) is 0 Å². The summed E-state index contributed by atoms with van der Waals surface area (Å²) in [5, 5.41) is 4.39. The number of pyridine rings is 1. The van der Waals surface area contributed by atoms with E-state index in [4.69, 9.17) is 0 Å². The summed E-state index contributed by atoms with van der Waals surface area (Å²) in [5.74, 6) is 1.11. The molecular formula is C7H7BrN2S. The van der Waals surface area contributed by atoms with E-state index in [2.05, 4.69) is 32.3 Å². The maximum absolute atomic E-state index is 4.33. The fourth-order valence-corrected chi connectivity index (χ4v) is 2.28. The van der Waals surface area contributed by atoms with Crippen LogP contribution in [0.1, 0.15) is 0 Å². The molecule has 0 radical (unpaired) electrons. The van der Waals surface area contributed by atoms with E-state index in [-0.39, 0.29) is 0 Å². The molecule has 0 amide bonds. The molecule has 0 atom stereocenters. The van der Waals surface area contributed by atoms with Crippen LogP contribution < -0.4 is 5.32 Å². The molecule has 0 saturated heterocycles. The highest BCUT2D eigenvalue weighted by molar-refractivity contribution is 9.10. The maximum atomic E-state index is 4.33. The van der Waals surface area contributed by atoms with Crippen molar-refractivity contribution in [2.24, 2.45) is 0 Å². The Morgan fingerprint density at radius 3 is 3.36 bits per heavy atom. The summed E-state index contributed by atoms with van der Waals surface area (Å²) in [7, 11) is 0. The van der Waals surface area contributed by atoms with Crippen LogP contribution in [0.5, 0.6) is 0 Å². The average molecular weight is 231 g/mol. The fraction of sp³-hybridized carbons (Fsp3) is 0.286. The van der Waals surface area contributed by atoms with E-state index < -0.39 is 0 Å². The lowest BCUT2D eigenvalue weighted by Gasteiger charge is -2.15. The van der Waals surface area contributed by atoms with Crippen molar-refractivity contribution < 1.29 is 0 Å². The Balaban J connectivity index is 2.43. The minimum absolute atomic E-state index is 0.910. The Labute approximate surface area is 77.9 Å². The van der Waals surface area contributed by atoms with Crippen molar-refractivity contribution in [1.29, 1.82) is 0 Å². The molecule has 0 spiro atoms. The zero-order valence-corrected chi connectivity index (χ0v) is 8.20. The van der Waals surface area contributed by atoms with Crippen LogP contribution in [0.3, 0.4) is 0 Å². The molecule has 0 unspecified atom stereocenters. The Hall–Kier alpha value is -0.220. The maximum Gasteiger partial charge on any atom is 0.121 e. The van der Waals surface area contributed by atoms with Gasteiger partial charge in [-0.15, -0.1) is 11.8 Å². The molecule has 1 aliphatic rings. The average Bonchev–Trinajstić information content (AvgIpc) is 2.04. The molecule has 11 heavy (non-hydrogen) atoms. The van der Waals surface area contributed by atoms with Gasteiger partial charge in [0.2, 0.25) is 0 Å². The van der Waals surface area contributed by atoms with Gasteiger partial charge in [0.25, 0.3) is 0 Å². The molecule has 58 valence electrons. The van der Waals surface area contributed by atoms with Crippen molar-refractivity contribution in [1.82, 2.24) is 4.98 Å². The lowest BCUT2D eigenvalue weighted by Crippen LogP contribution is -2.10. The first-order valence-electron chi connectivity index (χ1n) is 3.39. The number of thioether (sulfide) groups is 1. The third kappa shape index (κ3) is 1.51. The first-order valence-corrected chi connectivity index (χ1v) is 5.17. The van der Waals surface area contributed by atoms with Gasteiger partial charge in [0, 0.05) is 12.3 Å². The number of anilines is 1. The number of nitrogens with one attached hydrogen (secondary N) is 1. The van der Waals surface area contributed by atoms with Crippen LogP contribution in [0.4, 0.5) is 5.69 Å². The topological polar surface area (TPSA) is 24.9 Å². The van der Waals surface area contributed by atoms with E-state index in [0.717, 1.165) is 27.6 Å². The molecule has 0 saturated carbocycles. The first kappa shape index (κ1) is 7.43. The Bertz CT molecular complexity index is 277. The second-order valence-corrected chi connectivity index (χ2v) is 4.16. The van der Waals surface area contributed by atoms with E-state index in [9.17, 15) is 0 Å². The first-order chi connectivity index (χ1) is 5.36. The van der Waals surface area contributed by atoms with Crippen molar-refractivity contribution >= 4 is 33.4 Å². The zero-order chi connectivity index (χ0) is 7.68. The predicted octanol–water partition coefficient (Wildman–Crippen LogP) is 2.36. The highest BCUT2D eigenvalue weighted by Gasteiger charge is 2.09. The fourth-order valence-electron chi connectivity index (χ4n) is 0.996. The molecule has 0 bridgehead atoms. The number of hydrogen-bond donors (Lipinski definition) is 1. The van der Waals surface area contributed by atoms with Crippen LogP contribution >= 0.6 is 27.7 Å². The minimum atomic E-state index is 0.910. The van der Waals surface area contributed by atoms with Crippen molar-refractivity contribution in [3.8, 4) is 0 Å². The number of hydrogen-bond acceptors (Lipinski definition) is 3. The molecule has 2 nitrogen and oxygen atoms in total. The van der Waals surface area contributed by atoms with Gasteiger partial charge in [-0.3, -0.25) is 0 Å². The third-order valence-electron chi connectivity index (χ3n) is 1.48. The summed E-state index contributed by atoms with van der Waals surface area (Å²) < 4.78 is 0.910. The Morgan fingerprint density at radius 1 is 1.55 bits per heavy atom. The number of nitrogens with zero attached hydrogens (tertiary/aromatic N) is 1. The number of halogens is 1. The smallest absolute Gasteiger partial charge is 0.121 e. The molecule has 1 aromatic rings. The zero-order valence-electron chi connectivity index (χ0n) is 5.80. The lowest BCUT2D eigenvalue weighted by atomic mass is 10.4. The molecule has 4 heteroatoms. The molecule has 0 fully saturated rings. The van der Waals surface area contributed by atoms with Crippen LogP contribution in [-0.2, 0) is 0 Å². The summed E-state index contributed by atoms with van der Waals surface area (Å²) in [4.78, 5) is 4.33. The lowest BCUT2D eigenvalue weighted by molar-refractivity contribution is 1.05. The van der Waals surface area contributed by atoms with E-state index in [1.807, 2.05) is 6.07 Å². The van der Waals surface area contributed by atoms with Crippen molar-refractivity contribution in [3.63, 3.8) is 0 Å². The van der Waals surface area contributed by atoms with Gasteiger partial charge in [0.1, 0.15) is 9.63 Å². The molecule has 0 aromatic carbocycles. The summed E-state index contributed by atoms with van der Waals surface area (Å²) in [6, 6.07) is 4.01. The highest BCUT2D eigenvalue weighted by Crippen LogP contribution is 2.29. The Morgan fingerprint density at radius 2 is 2.45 bits per heavy atom. The second kappa shape index (κ2) is 3.03. The van der Waals surface area contributed by atoms with E-state index in [1.165, 1.54) is 0 Å². The number of fused-ring (bicyclic) bond motifs is 1. The third-order valence-corrected chi connectivity index (χ3v) is 2.92. The minimum Gasteiger partial charge on any atom is -0.382 e. The normalized spacial score (nSPS) is 15.4. The van der Waals surface area contributed by atoms with E-state index >= 15 is 0 Å². The molecule has 1 aliphatic heterocycles. The predicted molar refractivity (Wildman–Crippen MR) is 51.2 cm³/mol. The molecular weight excluding hydrogens is 224 g/mol. The van der Waals surface area contributed by atoms with Crippen molar-refractivity contribution in [2.75, 3.05) is 17.6 Å². The molecule has 1 aromatic heterocycles. The van der Waals surface area contributed by atoms with E-state index in [1.54, 1.807) is 11.8 Å². The van der Waals surface area contributed by atoms with Crippen LogP contribution in [0.25, 0.3) is 0 Å². The van der Waals surface area contributed by atoms with Crippen molar-refractivity contribution in [2.45, 2.75) is 5.03 Å². The Kier molecular flexibility index (Phi) is 2.05. The van der Waals surface area contributed by atoms with Gasteiger partial charge in [-0.25, -0.2) is 4.98 Å². The quantitative estimate of drug-likeness (QED) is 0.694. The second-order valence-electron chi connectivity index (χ2n) is 2.26. The van der Waals surface area contributed by atoms with Crippen LogP contribution in [0, 0.1) is 0 Å². The SMILES string of the molecule is Brc1ccc2c(n1)SCCN2. The highest BCUT2D eigenvalue weighted by atomic mass is 79.9. The summed E-state index contributed by atoms with van der Waals surface area (Å²) in [6.45, 7) is 1.04. The van der Waals surface area contributed by atoms with Gasteiger partial charge in [-0.05, 0) is 28.1 Å². The summed E-state index contributed by atoms with van der Waals surface area (Å²) >= 11 is 5.14. The molecule has 2 heterocycles. The van der Waals surface area contributed by atoms with E-state index in [0.29, 0.717) is 0 Å². The summed E-state index contributed by atoms with van der Waals surface area (Å²) in [6.07, 6.45) is 0. The molecule has 2 rings (SSSR count). The van der Waals surface area contributed by atoms with Gasteiger partial charge >= 0.3 is 0 Å². The van der Waals surface area contributed by atoms with Crippen LogP contribution in [-0.4, -0.2) is 17.3 Å². The van der Waals surface area contributed by atoms with Gasteiger partial charge in [0.05, 0.1) is 5.69 Å². The van der Waals surface area contributed by atoms with Gasteiger partial charge in [-0.1, -0.05) is 0 Å². The van der Waals surface area contributed by atoms with Crippen LogP contribution in [0.15, 0.2) is 21.8 Å². The van der Waals surface area contributed by atoms with Gasteiger partial charge in [-0.2, -0.15) is 0 Å². The van der Waals surface area contributed by atoms with Gasteiger partial charge < -0.3 is 5.32 Å². The van der Waals surface area contributed by atoms with Crippen molar-refractivity contribution in [3.05, 3.63) is 16.7 Å². The number of aromatic nitrogens is 1. The molecule has 1 N–H and O–H groups in total. The summed E-state index contributed by atoms with van der Waals surface area (Å²) in [5.41, 5.74) is 1.16. The standard InChI is InChI=1S/C7H7BrN2S/c8-6-2-1-5-7(10-6)11-4-3-9-5/h1-2,9H,3-4H2. The number of rotatable bonds is 0.